The molecule has 5 heteroatoms. The van der Waals surface area contributed by atoms with E-state index in [1.165, 1.54) is 0 Å². The van der Waals surface area contributed by atoms with Crippen LogP contribution in [-0.4, -0.2) is 30.1 Å². The van der Waals surface area contributed by atoms with Gasteiger partial charge in [0, 0.05) is 0 Å². The van der Waals surface area contributed by atoms with Crippen LogP contribution in [0.25, 0.3) is 0 Å². The van der Waals surface area contributed by atoms with Crippen molar-refractivity contribution in [2.45, 2.75) is 0 Å². The van der Waals surface area contributed by atoms with Crippen LogP contribution in [0.15, 0.2) is 0 Å². The summed E-state index contributed by atoms with van der Waals surface area (Å²) in [4.78, 5) is 8.44. The van der Waals surface area contributed by atoms with Gasteiger partial charge in [-0.05, 0) is 0 Å². The second-order valence-electron chi connectivity index (χ2n) is 0.266. The fourth-order valence-corrected chi connectivity index (χ4v) is 0. The molecule has 0 radical (unpaired) electrons. The average molecular weight is 108 g/mol. The van der Waals surface area contributed by atoms with Crippen molar-refractivity contribution in [2.24, 2.45) is 0 Å². The Morgan fingerprint density at radius 2 is 1.67 bits per heavy atom. The molecule has 0 aliphatic heterocycles. The monoisotopic (exact) mass is 108 g/mol. The summed E-state index contributed by atoms with van der Waals surface area (Å²) in [5.41, 5.74) is 0. The quantitative estimate of drug-likeness (QED) is 0.317. The number of carboxylic acid groups (broad SMARTS) is 2. The van der Waals surface area contributed by atoms with E-state index in [4.69, 9.17) is 15.0 Å². The Balaban J connectivity index is -0.0000000450. The molecule has 6 heavy (non-hydrogen) atoms. The second-order valence-corrected chi connectivity index (χ2v) is 0.266. The van der Waals surface area contributed by atoms with Crippen LogP contribution in [0.4, 0.5) is 4.79 Å². The Hall–Kier alpha value is 1.50. The molecule has 0 rings (SSSR count). The normalized spacial score (nSPS) is 4.00. The Morgan fingerprint density at radius 3 is 1.67 bits per heavy atom. The van der Waals surface area contributed by atoms with Gasteiger partial charge in [-0.25, -0.2) is 0 Å². The predicted octanol–water partition coefficient (Wildman–Crippen LogP) is -4.76. The molecule has 0 amide bonds. The van der Waals surface area contributed by atoms with Crippen molar-refractivity contribution in [3.8, 4) is 0 Å². The van der Waals surface area contributed by atoms with Crippen molar-refractivity contribution in [3.63, 3.8) is 0 Å². The Morgan fingerprint density at radius 1 is 1.67 bits per heavy atom. The molecule has 0 aliphatic rings. The summed E-state index contributed by atoms with van der Waals surface area (Å²) in [5.74, 6) is 0. The Labute approximate surface area is 89.7 Å². The van der Waals surface area contributed by atoms with E-state index in [1.54, 1.807) is 0 Å². The van der Waals surface area contributed by atoms with Crippen molar-refractivity contribution in [1.29, 1.82) is 0 Å². The number of hydrogen-bond donors (Lipinski definition) is 1. The number of hydrogen-bond acceptors (Lipinski definition) is 2. The van der Waals surface area contributed by atoms with Gasteiger partial charge in [-0.1, -0.05) is 0 Å². The molecule has 0 fully saturated rings. The third-order valence-electron chi connectivity index (χ3n) is 0. The van der Waals surface area contributed by atoms with E-state index in [1.807, 2.05) is 0 Å². The molecule has 0 heterocycles. The molecule has 26 valence electrons. The molecule has 0 saturated carbocycles. The molecule has 0 aliphatic carbocycles. The van der Waals surface area contributed by atoms with Crippen molar-refractivity contribution in [1.82, 2.24) is 0 Å². The van der Waals surface area contributed by atoms with Crippen LogP contribution in [0.1, 0.15) is 0 Å². The first-order chi connectivity index (χ1) is 1.73. The molecule has 0 saturated heterocycles. The first-order valence-corrected chi connectivity index (χ1v) is 0.632. The molecule has 0 aromatic rings. The molecular formula is CH2KLiO3. The fourth-order valence-electron chi connectivity index (χ4n) is 0. The van der Waals surface area contributed by atoms with Gasteiger partial charge in [0.15, 0.2) is 0 Å². The van der Waals surface area contributed by atoms with Crippen molar-refractivity contribution in [3.05, 3.63) is 0 Å². The molecule has 0 unspecified atom stereocenters. The third kappa shape index (κ3) is 49.4. The van der Waals surface area contributed by atoms with Gasteiger partial charge in [0.2, 0.25) is 6.16 Å². The van der Waals surface area contributed by atoms with E-state index in [9.17, 15) is 0 Å². The minimum absolute atomic E-state index is 0. The average Bonchev–Trinajstić information content (AvgIpc) is 0.811. The van der Waals surface area contributed by atoms with Gasteiger partial charge in [-0.3, -0.25) is 0 Å². The van der Waals surface area contributed by atoms with Crippen LogP contribution < -0.4 is 56.5 Å². The SMILES string of the molecule is O=C([O-])O.[K+].[LiH]. The predicted molar refractivity (Wildman–Crippen MR) is 15.2 cm³/mol. The summed E-state index contributed by atoms with van der Waals surface area (Å²) in [6, 6.07) is 0. The van der Waals surface area contributed by atoms with Gasteiger partial charge in [0.05, 0.1) is 0 Å². The second kappa shape index (κ2) is 9.71. The van der Waals surface area contributed by atoms with E-state index in [2.05, 4.69) is 0 Å². The first kappa shape index (κ1) is 15.6. The van der Waals surface area contributed by atoms with Crippen LogP contribution in [0.5, 0.6) is 0 Å². The fraction of sp³-hybridized carbons (Fsp3) is 0. The molecule has 0 aromatic heterocycles. The van der Waals surface area contributed by atoms with E-state index < -0.39 is 6.16 Å². The molecule has 0 atom stereocenters. The maximum absolute atomic E-state index is 8.44. The van der Waals surface area contributed by atoms with Crippen molar-refractivity contribution in [2.75, 3.05) is 0 Å². The minimum atomic E-state index is -2.08. The van der Waals surface area contributed by atoms with Crippen molar-refractivity contribution >= 4 is 25.0 Å². The van der Waals surface area contributed by atoms with Crippen LogP contribution in [-0.2, 0) is 0 Å². The van der Waals surface area contributed by atoms with Gasteiger partial charge in [0.1, 0.15) is 0 Å². The molecule has 3 nitrogen and oxygen atoms in total. The molecule has 1 N–H and O–H groups in total. The number of rotatable bonds is 0. The van der Waals surface area contributed by atoms with Gasteiger partial charge in [0.25, 0.3) is 0 Å². The van der Waals surface area contributed by atoms with Gasteiger partial charge in [-0.2, -0.15) is 0 Å². The van der Waals surface area contributed by atoms with Crippen molar-refractivity contribution < 1.29 is 66.4 Å². The summed E-state index contributed by atoms with van der Waals surface area (Å²) in [5, 5.41) is 15.3. The van der Waals surface area contributed by atoms with E-state index in [0.29, 0.717) is 0 Å². The zero-order chi connectivity index (χ0) is 3.58. The van der Waals surface area contributed by atoms with E-state index in [0.717, 1.165) is 0 Å². The molecule has 0 aromatic carbocycles. The van der Waals surface area contributed by atoms with Gasteiger partial charge < -0.3 is 15.0 Å². The summed E-state index contributed by atoms with van der Waals surface area (Å²) < 4.78 is 0. The van der Waals surface area contributed by atoms with Crippen LogP contribution in [0.3, 0.4) is 0 Å². The summed E-state index contributed by atoms with van der Waals surface area (Å²) >= 11 is 0. The maximum atomic E-state index is 8.44. The molecule has 0 spiro atoms. The van der Waals surface area contributed by atoms with Crippen LogP contribution in [0, 0.1) is 0 Å². The van der Waals surface area contributed by atoms with E-state index >= 15 is 0 Å². The standard InChI is InChI=1S/CH2O3.K.Li.H/c2-1(3)4;;;/h(H2,2,3,4);;;/q;+1;;/p-1. The summed E-state index contributed by atoms with van der Waals surface area (Å²) in [7, 11) is 0. The third-order valence-corrected chi connectivity index (χ3v) is 0. The molecule has 0 bridgehead atoms. The zero-order valence-electron chi connectivity index (χ0n) is 2.76. The Kier molecular flexibility index (Phi) is 25.3. The summed E-state index contributed by atoms with van der Waals surface area (Å²) in [6.45, 7) is 0. The Bertz CT molecular complexity index is 33.8. The number of carbonyl (C=O) groups is 1. The zero-order valence-corrected chi connectivity index (χ0v) is 5.89. The van der Waals surface area contributed by atoms with Crippen LogP contribution in [0.2, 0.25) is 0 Å². The topological polar surface area (TPSA) is 60.4 Å². The summed E-state index contributed by atoms with van der Waals surface area (Å²) in [6.07, 6.45) is -2.08. The van der Waals surface area contributed by atoms with Gasteiger partial charge >= 0.3 is 70.2 Å². The van der Waals surface area contributed by atoms with Gasteiger partial charge in [-0.15, -0.1) is 0 Å². The molecular weight excluding hydrogens is 106 g/mol. The first-order valence-electron chi connectivity index (χ1n) is 0.632. The van der Waals surface area contributed by atoms with Crippen LogP contribution >= 0.6 is 0 Å². The van der Waals surface area contributed by atoms with E-state index in [-0.39, 0.29) is 70.2 Å².